The highest BCUT2D eigenvalue weighted by Crippen LogP contribution is 2.32. The maximum Gasteiger partial charge on any atom is 0.280 e. The molecule has 0 aliphatic carbocycles. The normalized spacial score (nSPS) is 28.8. The van der Waals surface area contributed by atoms with Gasteiger partial charge in [-0.05, 0) is 50.9 Å². The minimum atomic E-state index is -0.534. The zero-order chi connectivity index (χ0) is 16.7. The molecule has 7 heteroatoms. The summed E-state index contributed by atoms with van der Waals surface area (Å²) in [6.45, 7) is 4.44. The van der Waals surface area contributed by atoms with Gasteiger partial charge in [0.2, 0.25) is 5.95 Å². The van der Waals surface area contributed by atoms with Crippen molar-refractivity contribution in [3.05, 3.63) is 35.4 Å². The maximum atomic E-state index is 13.2. The van der Waals surface area contributed by atoms with E-state index in [-0.39, 0.29) is 11.9 Å². The number of amides is 1. The predicted octanol–water partition coefficient (Wildman–Crippen LogP) is 2.56. The summed E-state index contributed by atoms with van der Waals surface area (Å²) in [6.07, 6.45) is 3.87. The molecule has 3 saturated heterocycles. The van der Waals surface area contributed by atoms with Crippen LogP contribution in [0.4, 0.5) is 4.39 Å². The molecule has 2 aromatic heterocycles. The zero-order valence-corrected chi connectivity index (χ0v) is 14.2. The van der Waals surface area contributed by atoms with E-state index < -0.39 is 5.95 Å². The van der Waals surface area contributed by atoms with Gasteiger partial charge in [0.05, 0.1) is 10.6 Å². The van der Waals surface area contributed by atoms with E-state index in [0.29, 0.717) is 27.5 Å². The molecule has 126 valence electrons. The molecule has 24 heavy (non-hydrogen) atoms. The second-order valence-corrected chi connectivity index (χ2v) is 7.52. The monoisotopic (exact) mass is 346 g/mol. The van der Waals surface area contributed by atoms with Crippen LogP contribution in [-0.2, 0) is 0 Å². The maximum absolute atomic E-state index is 13.2. The smallest absolute Gasteiger partial charge is 0.280 e. The van der Waals surface area contributed by atoms with Crippen LogP contribution in [0.15, 0.2) is 24.4 Å². The van der Waals surface area contributed by atoms with Crippen LogP contribution >= 0.6 is 11.3 Å². The lowest BCUT2D eigenvalue weighted by atomic mass is 9.79. The van der Waals surface area contributed by atoms with Crippen LogP contribution in [0.1, 0.15) is 29.6 Å². The number of hydrogen-bond donors (Lipinski definition) is 1. The first kappa shape index (κ1) is 15.7. The van der Waals surface area contributed by atoms with E-state index >= 15 is 0 Å². The minimum Gasteiger partial charge on any atom is -0.345 e. The van der Waals surface area contributed by atoms with Crippen molar-refractivity contribution in [1.29, 1.82) is 0 Å². The fraction of sp³-hybridized carbons (Fsp3) is 0.471. The number of rotatable bonds is 3. The summed E-state index contributed by atoms with van der Waals surface area (Å²) in [5, 5.41) is 3.57. The van der Waals surface area contributed by atoms with Gasteiger partial charge in [-0.1, -0.05) is 6.07 Å². The van der Waals surface area contributed by atoms with Gasteiger partial charge in [0, 0.05) is 18.3 Å². The number of hydrogen-bond acceptors (Lipinski definition) is 5. The molecule has 5 heterocycles. The number of piperidine rings is 3. The van der Waals surface area contributed by atoms with Crippen LogP contribution in [0.25, 0.3) is 10.6 Å². The topological polar surface area (TPSA) is 58.1 Å². The molecule has 3 fully saturated rings. The number of carbonyl (C=O) groups excluding carboxylic acids is 1. The van der Waals surface area contributed by atoms with Crippen LogP contribution < -0.4 is 5.32 Å². The highest BCUT2D eigenvalue weighted by molar-refractivity contribution is 7.16. The van der Waals surface area contributed by atoms with E-state index in [1.54, 1.807) is 18.3 Å². The number of aromatic nitrogens is 2. The summed E-state index contributed by atoms with van der Waals surface area (Å²) in [4.78, 5) is 23.8. The summed E-state index contributed by atoms with van der Waals surface area (Å²) in [7, 11) is 0. The Morgan fingerprint density at radius 3 is 2.88 bits per heavy atom. The molecule has 2 aromatic rings. The van der Waals surface area contributed by atoms with Crippen LogP contribution in [0.2, 0.25) is 0 Å². The first-order chi connectivity index (χ1) is 11.6. The van der Waals surface area contributed by atoms with Crippen molar-refractivity contribution in [3.63, 3.8) is 0 Å². The largest absolute Gasteiger partial charge is 0.345 e. The summed E-state index contributed by atoms with van der Waals surface area (Å²) < 4.78 is 13.2. The quantitative estimate of drug-likeness (QED) is 0.868. The van der Waals surface area contributed by atoms with Crippen molar-refractivity contribution in [3.8, 4) is 10.6 Å². The Hall–Kier alpha value is -1.86. The number of carbonyl (C=O) groups is 1. The fourth-order valence-electron chi connectivity index (χ4n) is 3.80. The molecule has 0 radical (unpaired) electrons. The van der Waals surface area contributed by atoms with Crippen LogP contribution in [-0.4, -0.2) is 45.9 Å². The summed E-state index contributed by atoms with van der Waals surface area (Å²) in [6, 6.07) is 5.16. The Bertz CT molecular complexity index is 755. The Balaban J connectivity index is 1.49. The number of fused-ring (bicyclic) bond motifs is 3. The average molecular weight is 346 g/mol. The molecule has 1 N–H and O–H groups in total. The SMILES string of the molecule is CC1C(NC(=O)c2ncc(-c3cccc(F)n3)s2)C2CCN1CC2. The van der Waals surface area contributed by atoms with Gasteiger partial charge in [0.15, 0.2) is 5.01 Å². The molecular formula is C17H19FN4OS. The van der Waals surface area contributed by atoms with E-state index in [9.17, 15) is 9.18 Å². The van der Waals surface area contributed by atoms with Gasteiger partial charge in [-0.25, -0.2) is 9.97 Å². The van der Waals surface area contributed by atoms with E-state index in [0.717, 1.165) is 25.9 Å². The Kier molecular flexibility index (Phi) is 4.05. The zero-order valence-electron chi connectivity index (χ0n) is 13.4. The molecule has 1 amide bonds. The molecule has 2 unspecified atom stereocenters. The predicted molar refractivity (Wildman–Crippen MR) is 90.3 cm³/mol. The molecule has 0 saturated carbocycles. The third-order valence-corrected chi connectivity index (χ3v) is 6.16. The molecular weight excluding hydrogens is 327 g/mol. The van der Waals surface area contributed by atoms with Gasteiger partial charge in [0.25, 0.3) is 5.91 Å². The minimum absolute atomic E-state index is 0.145. The van der Waals surface area contributed by atoms with Crippen LogP contribution in [0.3, 0.4) is 0 Å². The third-order valence-electron chi connectivity index (χ3n) is 5.14. The van der Waals surface area contributed by atoms with Crippen molar-refractivity contribution >= 4 is 17.2 Å². The van der Waals surface area contributed by atoms with E-state index in [2.05, 4.69) is 27.1 Å². The molecule has 0 spiro atoms. The van der Waals surface area contributed by atoms with Crippen molar-refractivity contribution in [2.45, 2.75) is 31.8 Å². The van der Waals surface area contributed by atoms with Crippen molar-refractivity contribution in [1.82, 2.24) is 20.2 Å². The molecule has 5 nitrogen and oxygen atoms in total. The molecule has 0 aromatic carbocycles. The van der Waals surface area contributed by atoms with Crippen molar-refractivity contribution in [2.24, 2.45) is 5.92 Å². The molecule has 3 aliphatic heterocycles. The standard InChI is InChI=1S/C17H19FN4OS/c1-10-15(11-5-7-22(10)8-6-11)21-16(23)17-19-9-13(24-17)12-3-2-4-14(18)20-12/h2-4,9-11,15H,5-8H2,1H3,(H,21,23). The molecule has 5 rings (SSSR count). The van der Waals surface area contributed by atoms with Gasteiger partial charge < -0.3 is 5.32 Å². The first-order valence-corrected chi connectivity index (χ1v) is 9.07. The van der Waals surface area contributed by atoms with Gasteiger partial charge in [-0.2, -0.15) is 4.39 Å². The molecule has 2 atom stereocenters. The average Bonchev–Trinajstić information content (AvgIpc) is 3.09. The first-order valence-electron chi connectivity index (χ1n) is 8.25. The second kappa shape index (κ2) is 6.22. The number of nitrogens with zero attached hydrogens (tertiary/aromatic N) is 3. The van der Waals surface area contributed by atoms with Crippen molar-refractivity contribution in [2.75, 3.05) is 13.1 Å². The lowest BCUT2D eigenvalue weighted by Gasteiger charge is -2.49. The lowest BCUT2D eigenvalue weighted by molar-refractivity contribution is 0.0217. The second-order valence-electron chi connectivity index (χ2n) is 6.49. The van der Waals surface area contributed by atoms with Gasteiger partial charge >= 0.3 is 0 Å². The van der Waals surface area contributed by atoms with Crippen LogP contribution in [0.5, 0.6) is 0 Å². The van der Waals surface area contributed by atoms with Crippen LogP contribution in [0, 0.1) is 11.9 Å². The third kappa shape index (κ3) is 2.82. The highest BCUT2D eigenvalue weighted by atomic mass is 32.1. The van der Waals surface area contributed by atoms with Crippen molar-refractivity contribution < 1.29 is 9.18 Å². The number of nitrogens with one attached hydrogen (secondary N) is 1. The van der Waals surface area contributed by atoms with E-state index in [4.69, 9.17) is 0 Å². The number of halogens is 1. The number of pyridine rings is 1. The number of thiazole rings is 1. The molecule has 2 bridgehead atoms. The summed E-state index contributed by atoms with van der Waals surface area (Å²) >= 11 is 1.25. The van der Waals surface area contributed by atoms with Gasteiger partial charge in [-0.3, -0.25) is 9.69 Å². The lowest BCUT2D eigenvalue weighted by Crippen LogP contribution is -2.62. The Morgan fingerprint density at radius 2 is 2.17 bits per heavy atom. The molecule has 3 aliphatic rings. The fourth-order valence-corrected chi connectivity index (χ4v) is 4.59. The summed E-state index contributed by atoms with van der Waals surface area (Å²) in [5.41, 5.74) is 0.503. The van der Waals surface area contributed by atoms with E-state index in [1.165, 1.54) is 17.4 Å². The van der Waals surface area contributed by atoms with E-state index in [1.807, 2.05) is 0 Å². The Morgan fingerprint density at radius 1 is 1.38 bits per heavy atom. The van der Waals surface area contributed by atoms with Gasteiger partial charge in [-0.15, -0.1) is 11.3 Å². The summed E-state index contributed by atoms with van der Waals surface area (Å²) in [5.74, 6) is -0.125. The van der Waals surface area contributed by atoms with Gasteiger partial charge in [0.1, 0.15) is 0 Å². The Labute approximate surface area is 143 Å². The highest BCUT2D eigenvalue weighted by Gasteiger charge is 2.40.